The largest absolute Gasteiger partial charge is 0.493 e. The molecular formula is C24H22F3N5O3. The smallest absolute Gasteiger partial charge is 0.416 e. The third-order valence-corrected chi connectivity index (χ3v) is 5.44. The van der Waals surface area contributed by atoms with Crippen molar-refractivity contribution in [3.8, 4) is 17.2 Å². The molecular weight excluding hydrogens is 463 g/mol. The van der Waals surface area contributed by atoms with Gasteiger partial charge < -0.3 is 14.8 Å². The van der Waals surface area contributed by atoms with Crippen molar-refractivity contribution in [2.45, 2.75) is 19.6 Å². The Labute approximate surface area is 198 Å². The minimum atomic E-state index is -4.48. The summed E-state index contributed by atoms with van der Waals surface area (Å²) in [5, 5.41) is 11.2. The minimum absolute atomic E-state index is 0.200. The molecule has 2 heterocycles. The van der Waals surface area contributed by atoms with Gasteiger partial charge in [-0.1, -0.05) is 18.2 Å². The van der Waals surface area contributed by atoms with Crippen LogP contribution < -0.4 is 14.8 Å². The van der Waals surface area contributed by atoms with Crippen molar-refractivity contribution in [1.29, 1.82) is 0 Å². The van der Waals surface area contributed by atoms with Gasteiger partial charge in [0, 0.05) is 11.6 Å². The van der Waals surface area contributed by atoms with E-state index in [1.54, 1.807) is 37.0 Å². The molecule has 0 spiro atoms. The van der Waals surface area contributed by atoms with Gasteiger partial charge in [0.1, 0.15) is 5.82 Å². The van der Waals surface area contributed by atoms with Gasteiger partial charge in [-0.05, 0) is 31.2 Å². The van der Waals surface area contributed by atoms with Crippen molar-refractivity contribution < 1.29 is 27.4 Å². The van der Waals surface area contributed by atoms with E-state index < -0.39 is 17.6 Å². The predicted molar refractivity (Wildman–Crippen MR) is 122 cm³/mol. The van der Waals surface area contributed by atoms with Gasteiger partial charge in [-0.25, -0.2) is 9.36 Å². The zero-order valence-electron chi connectivity index (χ0n) is 19.1. The molecule has 0 saturated heterocycles. The Kier molecular flexibility index (Phi) is 6.50. The predicted octanol–water partition coefficient (Wildman–Crippen LogP) is 4.71. The number of hydrogen-bond donors (Lipinski definition) is 1. The molecule has 0 fully saturated rings. The zero-order chi connectivity index (χ0) is 25.2. The monoisotopic (exact) mass is 485 g/mol. The fourth-order valence-electron chi connectivity index (χ4n) is 3.69. The Bertz CT molecular complexity index is 1360. The van der Waals surface area contributed by atoms with Crippen LogP contribution in [0, 0.1) is 6.92 Å². The number of alkyl halides is 3. The number of anilines is 1. The van der Waals surface area contributed by atoms with E-state index in [1.165, 1.54) is 30.1 Å². The van der Waals surface area contributed by atoms with Crippen molar-refractivity contribution in [3.05, 3.63) is 83.3 Å². The van der Waals surface area contributed by atoms with Crippen LogP contribution in [0.25, 0.3) is 5.69 Å². The summed E-state index contributed by atoms with van der Waals surface area (Å²) >= 11 is 0. The van der Waals surface area contributed by atoms with Crippen LogP contribution >= 0.6 is 0 Å². The van der Waals surface area contributed by atoms with E-state index in [2.05, 4.69) is 15.5 Å². The van der Waals surface area contributed by atoms with Crippen molar-refractivity contribution in [3.63, 3.8) is 0 Å². The summed E-state index contributed by atoms with van der Waals surface area (Å²) in [6.07, 6.45) is -1.63. The molecule has 1 amide bonds. The number of carbonyl (C=O) groups is 1. The Morgan fingerprint density at radius 2 is 1.83 bits per heavy atom. The topological polar surface area (TPSA) is 83.2 Å². The van der Waals surface area contributed by atoms with Gasteiger partial charge in [-0.3, -0.25) is 4.79 Å². The van der Waals surface area contributed by atoms with Crippen LogP contribution in [0.2, 0.25) is 0 Å². The SMILES string of the molecule is COc1cccc(Cn2nccc2NC(=O)c2cnn(-c3cccc(C(F)(F)F)c3)c2C)c1OC. The maximum Gasteiger partial charge on any atom is 0.416 e. The Hall–Kier alpha value is -4.28. The van der Waals surface area contributed by atoms with E-state index in [-0.39, 0.29) is 11.3 Å². The van der Waals surface area contributed by atoms with Crippen molar-refractivity contribution in [1.82, 2.24) is 19.6 Å². The number of aromatic nitrogens is 4. The molecule has 1 N–H and O–H groups in total. The average molecular weight is 485 g/mol. The summed E-state index contributed by atoms with van der Waals surface area (Å²) < 4.78 is 53.0. The molecule has 0 aliphatic carbocycles. The molecule has 0 aliphatic rings. The molecule has 0 unspecified atom stereocenters. The molecule has 0 aliphatic heterocycles. The quantitative estimate of drug-likeness (QED) is 0.410. The second-order valence-corrected chi connectivity index (χ2v) is 7.58. The fraction of sp³-hybridized carbons (Fsp3) is 0.208. The summed E-state index contributed by atoms with van der Waals surface area (Å²) in [6, 6.07) is 11.8. The normalized spacial score (nSPS) is 11.4. The number of rotatable bonds is 7. The summed E-state index contributed by atoms with van der Waals surface area (Å²) in [5.74, 6) is 1.08. The van der Waals surface area contributed by atoms with Gasteiger partial charge in [-0.2, -0.15) is 23.4 Å². The lowest BCUT2D eigenvalue weighted by Crippen LogP contribution is -2.17. The van der Waals surface area contributed by atoms with Gasteiger partial charge in [0.25, 0.3) is 5.91 Å². The maximum atomic E-state index is 13.1. The van der Waals surface area contributed by atoms with Gasteiger partial charge >= 0.3 is 6.18 Å². The molecule has 4 aromatic rings. The number of nitrogens with zero attached hydrogens (tertiary/aromatic N) is 4. The first-order valence-electron chi connectivity index (χ1n) is 10.5. The highest BCUT2D eigenvalue weighted by Gasteiger charge is 2.31. The lowest BCUT2D eigenvalue weighted by atomic mass is 10.2. The summed E-state index contributed by atoms with van der Waals surface area (Å²) in [4.78, 5) is 13.0. The van der Waals surface area contributed by atoms with Gasteiger partial charge in [0.05, 0.1) is 55.7 Å². The van der Waals surface area contributed by atoms with Gasteiger partial charge in [0.15, 0.2) is 11.5 Å². The third kappa shape index (κ3) is 4.84. The number of carbonyl (C=O) groups excluding carboxylic acids is 1. The Morgan fingerprint density at radius 1 is 1.06 bits per heavy atom. The van der Waals surface area contributed by atoms with E-state index in [9.17, 15) is 18.0 Å². The summed E-state index contributed by atoms with van der Waals surface area (Å²) in [7, 11) is 3.08. The second kappa shape index (κ2) is 9.53. The van der Waals surface area contributed by atoms with Gasteiger partial charge in [-0.15, -0.1) is 0 Å². The third-order valence-electron chi connectivity index (χ3n) is 5.44. The van der Waals surface area contributed by atoms with E-state index in [4.69, 9.17) is 9.47 Å². The number of ether oxygens (including phenoxy) is 2. The Morgan fingerprint density at radius 3 is 2.54 bits per heavy atom. The van der Waals surface area contributed by atoms with Crippen LogP contribution in [0.15, 0.2) is 60.9 Å². The van der Waals surface area contributed by atoms with E-state index in [0.29, 0.717) is 29.6 Å². The molecule has 2 aromatic carbocycles. The number of methoxy groups -OCH3 is 2. The van der Waals surface area contributed by atoms with E-state index in [0.717, 1.165) is 17.7 Å². The van der Waals surface area contributed by atoms with Crippen LogP contribution in [0.1, 0.15) is 27.2 Å². The van der Waals surface area contributed by atoms with Crippen LogP contribution in [0.4, 0.5) is 19.0 Å². The van der Waals surface area contributed by atoms with E-state index >= 15 is 0 Å². The first-order valence-corrected chi connectivity index (χ1v) is 10.5. The lowest BCUT2D eigenvalue weighted by molar-refractivity contribution is -0.137. The van der Waals surface area contributed by atoms with Crippen LogP contribution in [0.5, 0.6) is 11.5 Å². The molecule has 0 atom stereocenters. The lowest BCUT2D eigenvalue weighted by Gasteiger charge is -2.14. The molecule has 0 saturated carbocycles. The second-order valence-electron chi connectivity index (χ2n) is 7.58. The molecule has 11 heteroatoms. The number of nitrogens with one attached hydrogen (secondary N) is 1. The van der Waals surface area contributed by atoms with Crippen molar-refractivity contribution in [2.24, 2.45) is 0 Å². The van der Waals surface area contributed by atoms with Crippen molar-refractivity contribution >= 4 is 11.7 Å². The molecule has 35 heavy (non-hydrogen) atoms. The first-order chi connectivity index (χ1) is 16.7. The maximum absolute atomic E-state index is 13.1. The highest BCUT2D eigenvalue weighted by Crippen LogP contribution is 2.32. The van der Waals surface area contributed by atoms with E-state index in [1.807, 2.05) is 12.1 Å². The Balaban J connectivity index is 1.57. The fourth-order valence-corrected chi connectivity index (χ4v) is 3.69. The molecule has 4 rings (SSSR count). The molecule has 8 nitrogen and oxygen atoms in total. The highest BCUT2D eigenvalue weighted by atomic mass is 19.4. The van der Waals surface area contributed by atoms with Crippen LogP contribution in [0.3, 0.4) is 0 Å². The number of para-hydroxylation sites is 1. The molecule has 0 bridgehead atoms. The summed E-state index contributed by atoms with van der Waals surface area (Å²) in [6.45, 7) is 1.91. The highest BCUT2D eigenvalue weighted by molar-refractivity contribution is 6.04. The number of halogens is 3. The first kappa shape index (κ1) is 23.9. The summed E-state index contributed by atoms with van der Waals surface area (Å²) in [5.41, 5.74) is 0.801. The molecule has 0 radical (unpaired) electrons. The average Bonchev–Trinajstić information content (AvgIpc) is 3.44. The minimum Gasteiger partial charge on any atom is -0.493 e. The van der Waals surface area contributed by atoms with Gasteiger partial charge in [0.2, 0.25) is 0 Å². The number of hydrogen-bond acceptors (Lipinski definition) is 5. The number of amides is 1. The number of benzene rings is 2. The zero-order valence-corrected chi connectivity index (χ0v) is 19.1. The standard InChI is InChI=1S/C24H22F3N5O3/c1-15-19(13-29-32(15)18-8-5-7-17(12-18)24(25,26)27)23(33)30-21-10-11-28-31(21)14-16-6-4-9-20(34-2)22(16)35-3/h4-13H,14H2,1-3H3,(H,30,33). The van der Waals surface area contributed by atoms with Crippen LogP contribution in [-0.4, -0.2) is 39.7 Å². The molecule has 2 aromatic heterocycles. The van der Waals surface area contributed by atoms with Crippen molar-refractivity contribution in [2.75, 3.05) is 19.5 Å². The molecule has 182 valence electrons. The van der Waals surface area contributed by atoms with Crippen LogP contribution in [-0.2, 0) is 12.7 Å².